The van der Waals surface area contributed by atoms with Gasteiger partial charge < -0.3 is 4.74 Å². The van der Waals surface area contributed by atoms with Gasteiger partial charge in [0.15, 0.2) is 0 Å². The Morgan fingerprint density at radius 3 is 0.986 bits per heavy atom. The molecule has 1 nitrogen and oxygen atoms in total. The van der Waals surface area contributed by atoms with Gasteiger partial charge in [-0.15, -0.1) is 0 Å². The fourth-order valence-electron chi connectivity index (χ4n) is 6.44. The molecule has 3 aliphatic carbocycles. The van der Waals surface area contributed by atoms with E-state index in [1.165, 1.54) is 150 Å². The Bertz CT molecular complexity index is 1220. The Morgan fingerprint density at radius 2 is 0.812 bits per heavy atom. The van der Waals surface area contributed by atoms with E-state index < -0.39 is 0 Å². The zero-order valence-electron chi connectivity index (χ0n) is 51.6. The lowest BCUT2D eigenvalue weighted by Gasteiger charge is -2.28. The smallest absolute Gasteiger partial charge is 0.0351 e. The molecule has 3 fully saturated rings. The van der Waals surface area contributed by atoms with Crippen LogP contribution in [0.5, 0.6) is 0 Å². The van der Waals surface area contributed by atoms with Crippen molar-refractivity contribution in [2.75, 3.05) is 26.7 Å². The van der Waals surface area contributed by atoms with Gasteiger partial charge in [-0.2, -0.15) is 11.8 Å². The average Bonchev–Trinajstić information content (AvgIpc) is 3.36. The molecule has 3 aliphatic rings. The van der Waals surface area contributed by atoms with Gasteiger partial charge in [-0.1, -0.05) is 321 Å². The maximum Gasteiger partial charge on any atom is 0.0351 e. The summed E-state index contributed by atoms with van der Waals surface area (Å²) in [4.78, 5) is 0. The lowest BCUT2D eigenvalue weighted by atomic mass is 9.78. The quantitative estimate of drug-likeness (QED) is 0.242. The van der Waals surface area contributed by atoms with E-state index in [0.717, 1.165) is 17.8 Å². The molecule has 0 unspecified atom stereocenters. The van der Waals surface area contributed by atoms with E-state index >= 15 is 0 Å². The van der Waals surface area contributed by atoms with Gasteiger partial charge in [-0.05, 0) is 94.3 Å². The van der Waals surface area contributed by atoms with Gasteiger partial charge in [0.2, 0.25) is 0 Å². The summed E-state index contributed by atoms with van der Waals surface area (Å²) in [6.07, 6.45) is 35.6. The van der Waals surface area contributed by atoms with Crippen molar-refractivity contribution < 1.29 is 4.74 Å². The highest BCUT2D eigenvalue weighted by Crippen LogP contribution is 2.34. The molecule has 3 saturated carbocycles. The minimum absolute atomic E-state index is 0.679. The predicted octanol–water partition coefficient (Wildman–Crippen LogP) is 24.3. The molecule has 0 aliphatic heterocycles. The minimum atomic E-state index is 0.679. The van der Waals surface area contributed by atoms with Crippen molar-refractivity contribution in [3.63, 3.8) is 0 Å². The third kappa shape index (κ3) is 72.4. The van der Waals surface area contributed by atoms with Crippen molar-refractivity contribution in [3.05, 3.63) is 108 Å². The van der Waals surface area contributed by atoms with Crippen LogP contribution < -0.4 is 0 Å². The van der Waals surface area contributed by atoms with Crippen LogP contribution in [0.2, 0.25) is 0 Å². The number of ether oxygens (including phenoxy) is 1. The molecule has 0 saturated heterocycles. The SMILES string of the molecule is CC.CC.CC1(C)CCCCC1.CC1CCCCC1.CC=CC.CCC.CCC.CCC(C)C.CCC1CCCCC1.COC.CSC.Cc1ccc(-c2ccc(C)cc2)cc1.Cc1ccccc1. The lowest BCUT2D eigenvalue weighted by molar-refractivity contribution is 0.244. The van der Waals surface area contributed by atoms with Gasteiger partial charge in [0, 0.05) is 14.2 Å². The highest BCUT2D eigenvalue weighted by Gasteiger charge is 2.20. The van der Waals surface area contributed by atoms with E-state index in [9.17, 15) is 0 Å². The molecule has 0 bridgehead atoms. The predicted molar refractivity (Wildman–Crippen MR) is 331 cm³/mol. The molecule has 6 rings (SSSR count). The molecule has 408 valence electrons. The van der Waals surface area contributed by atoms with Gasteiger partial charge in [0.25, 0.3) is 0 Å². The summed E-state index contributed by atoms with van der Waals surface area (Å²) in [5.41, 5.74) is 7.19. The summed E-state index contributed by atoms with van der Waals surface area (Å²) in [6, 6.07) is 27.5. The minimum Gasteiger partial charge on any atom is -0.388 e. The molecule has 3 aromatic carbocycles. The third-order valence-corrected chi connectivity index (χ3v) is 10.9. The summed E-state index contributed by atoms with van der Waals surface area (Å²) < 4.78 is 4.25. The van der Waals surface area contributed by atoms with E-state index in [-0.39, 0.29) is 0 Å². The first-order valence-electron chi connectivity index (χ1n) is 28.6. The molecule has 0 radical (unpaired) electrons. The molecule has 0 spiro atoms. The average molecular weight is 982 g/mol. The largest absolute Gasteiger partial charge is 0.388 e. The molecule has 69 heavy (non-hydrogen) atoms. The molecular weight excluding hydrogens is 853 g/mol. The van der Waals surface area contributed by atoms with Gasteiger partial charge in [-0.3, -0.25) is 0 Å². The number of aryl methyl sites for hydroxylation is 3. The second-order valence-corrected chi connectivity index (χ2v) is 20.3. The Hall–Kier alpha value is -2.29. The number of allylic oxidation sites excluding steroid dienone is 2. The van der Waals surface area contributed by atoms with Gasteiger partial charge in [0.05, 0.1) is 0 Å². The van der Waals surface area contributed by atoms with Crippen LogP contribution in [0.25, 0.3) is 11.1 Å². The first kappa shape index (κ1) is 80.8. The Balaban J connectivity index is -0.000000127. The van der Waals surface area contributed by atoms with E-state index in [0.29, 0.717) is 5.41 Å². The van der Waals surface area contributed by atoms with Crippen molar-refractivity contribution in [3.8, 4) is 11.1 Å². The zero-order chi connectivity index (χ0) is 54.6. The number of hydrogen-bond donors (Lipinski definition) is 0. The number of hydrogen-bond acceptors (Lipinski definition) is 2. The Kier molecular flexibility index (Phi) is 79.4. The number of methoxy groups -OCH3 is 1. The van der Waals surface area contributed by atoms with Crippen molar-refractivity contribution in [1.29, 1.82) is 0 Å². The van der Waals surface area contributed by atoms with Crippen LogP contribution in [0.1, 0.15) is 256 Å². The fourth-order valence-corrected chi connectivity index (χ4v) is 6.44. The van der Waals surface area contributed by atoms with Crippen LogP contribution in [0, 0.1) is 43.9 Å². The Morgan fingerprint density at radius 1 is 0.536 bits per heavy atom. The molecular formula is C67H128OS. The highest BCUT2D eigenvalue weighted by atomic mass is 32.2. The monoisotopic (exact) mass is 981 g/mol. The van der Waals surface area contributed by atoms with E-state index in [4.69, 9.17) is 0 Å². The van der Waals surface area contributed by atoms with Crippen LogP contribution in [-0.2, 0) is 4.74 Å². The Labute approximate surface area is 443 Å². The topological polar surface area (TPSA) is 9.23 Å². The molecule has 0 aromatic heterocycles. The first-order chi connectivity index (χ1) is 33.0. The lowest BCUT2D eigenvalue weighted by Crippen LogP contribution is -2.14. The molecule has 2 heteroatoms. The van der Waals surface area contributed by atoms with Crippen LogP contribution in [0.3, 0.4) is 0 Å². The normalized spacial score (nSPS) is 13.9. The van der Waals surface area contributed by atoms with Crippen molar-refractivity contribution >= 4 is 11.8 Å². The van der Waals surface area contributed by atoms with E-state index in [1.54, 1.807) is 26.0 Å². The second kappa shape index (κ2) is 67.8. The van der Waals surface area contributed by atoms with Crippen LogP contribution in [-0.4, -0.2) is 26.7 Å². The number of thioether (sulfide) groups is 1. The summed E-state index contributed by atoms with van der Waals surface area (Å²) in [6.45, 7) is 42.9. The van der Waals surface area contributed by atoms with Gasteiger partial charge in [0.1, 0.15) is 0 Å². The van der Waals surface area contributed by atoms with Crippen molar-refractivity contribution in [2.45, 2.75) is 260 Å². The first-order valence-corrected chi connectivity index (χ1v) is 30.2. The van der Waals surface area contributed by atoms with Crippen LogP contribution in [0.4, 0.5) is 0 Å². The summed E-state index contributed by atoms with van der Waals surface area (Å²) in [5, 5.41) is 0. The number of benzene rings is 3. The summed E-state index contributed by atoms with van der Waals surface area (Å²) in [5.74, 6) is 3.01. The molecule has 0 atom stereocenters. The summed E-state index contributed by atoms with van der Waals surface area (Å²) >= 11 is 1.75. The maximum atomic E-state index is 4.25. The summed E-state index contributed by atoms with van der Waals surface area (Å²) in [7, 11) is 3.25. The van der Waals surface area contributed by atoms with E-state index in [1.807, 2.05) is 84.4 Å². The van der Waals surface area contributed by atoms with Gasteiger partial charge >= 0.3 is 0 Å². The standard InChI is InChI=1S/C14H14.2C8H16.C7H14.C7H8.C5H12.C4H8.2C3H8.C2H6O.C2H6S.2C2H6/c1-11-3-7-13(8-4-11)14-9-5-12(2)6-10-14;1-8(2)6-4-3-5-7-8;1-2-8-6-4-3-5-7-8;2*1-7-5-3-2-4-6-7;1-4-5(2)3;1-3-4-2;4*1-3-2;2*1-2/h3-10H,1-2H3;3-7H2,1-2H3;8H,2-7H2,1H3;7H,2-6H2,1H3;2-6H,1H3;5H,4H2,1-3H3;3-4H,1-2H3;2*3H2,1-2H3;2*1-2H3;2*1-2H3. The van der Waals surface area contributed by atoms with Crippen molar-refractivity contribution in [2.24, 2.45) is 23.2 Å². The molecule has 0 amide bonds. The highest BCUT2D eigenvalue weighted by molar-refractivity contribution is 7.97. The zero-order valence-corrected chi connectivity index (χ0v) is 52.5. The second-order valence-electron chi connectivity index (χ2n) is 19.5. The maximum absolute atomic E-state index is 4.25. The van der Waals surface area contributed by atoms with E-state index in [2.05, 4.69) is 162 Å². The number of rotatable bonds is 3. The van der Waals surface area contributed by atoms with Crippen LogP contribution in [0.15, 0.2) is 91.0 Å². The third-order valence-electron chi connectivity index (χ3n) is 10.9. The molecule has 3 aromatic rings. The van der Waals surface area contributed by atoms with Crippen molar-refractivity contribution in [1.82, 2.24) is 0 Å². The molecule has 0 N–H and O–H groups in total. The van der Waals surface area contributed by atoms with Gasteiger partial charge in [-0.25, -0.2) is 0 Å². The molecule has 0 heterocycles. The fraction of sp³-hybridized carbons (Fsp3) is 0.701. The van der Waals surface area contributed by atoms with Crippen LogP contribution >= 0.6 is 11.8 Å².